The van der Waals surface area contributed by atoms with Crippen LogP contribution in [0.3, 0.4) is 0 Å². The fourth-order valence-corrected chi connectivity index (χ4v) is 4.48. The summed E-state index contributed by atoms with van der Waals surface area (Å²) in [6.45, 7) is 8.82. The van der Waals surface area contributed by atoms with Crippen LogP contribution in [-0.4, -0.2) is 46.1 Å². The molecule has 0 fully saturated rings. The third-order valence-electron chi connectivity index (χ3n) is 4.70. The number of hydrogen-bond donors (Lipinski definition) is 0. The predicted molar refractivity (Wildman–Crippen MR) is 127 cm³/mol. The van der Waals surface area contributed by atoms with Gasteiger partial charge in [-0.2, -0.15) is 0 Å². The summed E-state index contributed by atoms with van der Waals surface area (Å²) in [5.74, 6) is 2.63. The molecule has 0 N–H and O–H groups in total. The first-order valence-corrected chi connectivity index (χ1v) is 11.7. The zero-order chi connectivity index (χ0) is 23.8. The average Bonchev–Trinajstić information content (AvgIpc) is 3.15. The van der Waals surface area contributed by atoms with E-state index in [1.165, 1.54) is 11.8 Å². The fourth-order valence-electron chi connectivity index (χ4n) is 3.32. The van der Waals surface area contributed by atoms with Crippen LogP contribution in [0.4, 0.5) is 0 Å². The highest BCUT2D eigenvalue weighted by atomic mass is 32.2. The molecule has 0 amide bonds. The third-order valence-corrected chi connectivity index (χ3v) is 5.88. The molecule has 2 aromatic carbocycles. The smallest absolute Gasteiger partial charge is 0.220 e. The highest BCUT2D eigenvalue weighted by Gasteiger charge is 2.25. The van der Waals surface area contributed by atoms with Crippen LogP contribution in [0.2, 0.25) is 0 Å². The second-order valence-corrected chi connectivity index (χ2v) is 8.16. The van der Waals surface area contributed by atoms with Gasteiger partial charge in [-0.25, -0.2) is 0 Å². The number of rotatable bonds is 12. The number of nitrogens with zero attached hydrogens (tertiary/aromatic N) is 4. The van der Waals surface area contributed by atoms with Gasteiger partial charge in [0.15, 0.2) is 16.7 Å². The Morgan fingerprint density at radius 3 is 2.27 bits per heavy atom. The van der Waals surface area contributed by atoms with E-state index >= 15 is 0 Å². The van der Waals surface area contributed by atoms with Gasteiger partial charge in [0.1, 0.15) is 16.8 Å². The van der Waals surface area contributed by atoms with Crippen molar-refractivity contribution in [2.24, 2.45) is 0 Å². The van der Waals surface area contributed by atoms with Crippen LogP contribution in [0, 0.1) is 17.0 Å². The number of hydrogen-bond acceptors (Lipinski definition) is 8. The number of ether oxygens (including phenoxy) is 3. The van der Waals surface area contributed by atoms with Crippen molar-refractivity contribution < 1.29 is 19.1 Å². The minimum absolute atomic E-state index is 0.278. The van der Waals surface area contributed by atoms with Gasteiger partial charge in [-0.05, 0) is 69.7 Å². The van der Waals surface area contributed by atoms with Gasteiger partial charge in [-0.15, -0.1) is 10.2 Å². The van der Waals surface area contributed by atoms with E-state index < -0.39 is 5.25 Å². The molecule has 9 nitrogen and oxygen atoms in total. The lowest BCUT2D eigenvalue weighted by Gasteiger charge is -2.17. The van der Waals surface area contributed by atoms with Gasteiger partial charge in [-0.1, -0.05) is 17.8 Å². The van der Waals surface area contributed by atoms with Gasteiger partial charge in [0.05, 0.1) is 19.8 Å². The summed E-state index contributed by atoms with van der Waals surface area (Å²) >= 11 is 1.29. The Bertz CT molecular complexity index is 1070. The number of benzene rings is 2. The van der Waals surface area contributed by atoms with E-state index in [1.54, 1.807) is 12.1 Å². The molecule has 0 aliphatic heterocycles. The summed E-state index contributed by atoms with van der Waals surface area (Å²) in [7, 11) is 0. The molecule has 3 rings (SSSR count). The Morgan fingerprint density at radius 1 is 0.970 bits per heavy atom. The summed E-state index contributed by atoms with van der Waals surface area (Å²) in [5, 5.41) is 20.1. The Balaban J connectivity index is 1.95. The molecule has 33 heavy (non-hydrogen) atoms. The quantitative estimate of drug-likeness (QED) is 0.209. The van der Waals surface area contributed by atoms with Gasteiger partial charge < -0.3 is 14.2 Å². The van der Waals surface area contributed by atoms with Crippen LogP contribution in [0.1, 0.15) is 37.4 Å². The summed E-state index contributed by atoms with van der Waals surface area (Å²) in [6.07, 6.45) is 0. The van der Waals surface area contributed by atoms with E-state index in [1.807, 2.05) is 62.6 Å². The van der Waals surface area contributed by atoms with Crippen molar-refractivity contribution >= 4 is 11.8 Å². The van der Waals surface area contributed by atoms with Crippen LogP contribution in [0.25, 0.3) is 5.69 Å². The summed E-state index contributed by atoms with van der Waals surface area (Å²) < 4.78 is 18.7. The van der Waals surface area contributed by atoms with Crippen LogP contribution in [0.5, 0.6) is 17.2 Å². The van der Waals surface area contributed by atoms with E-state index in [4.69, 9.17) is 14.2 Å². The second kappa shape index (κ2) is 11.6. The second-order valence-electron chi connectivity index (χ2n) is 6.99. The highest BCUT2D eigenvalue weighted by molar-refractivity contribution is 7.99. The number of aromatic nitrogens is 3. The SMILES string of the molecule is CCOc1ccc(-n2c(C)nnc2S[C@@H](C[N+](=O)[O-])c2ccc(OCC)c(OCC)c2)cc1. The summed E-state index contributed by atoms with van der Waals surface area (Å²) in [4.78, 5) is 11.2. The van der Waals surface area contributed by atoms with Crippen molar-refractivity contribution in [1.29, 1.82) is 0 Å². The van der Waals surface area contributed by atoms with Crippen molar-refractivity contribution in [3.8, 4) is 22.9 Å². The standard InChI is InChI=1S/C23H28N4O5S/c1-5-30-19-11-9-18(10-12-19)27-16(4)24-25-23(27)33-22(15-26(28)29)17-8-13-20(31-6-2)21(14-17)32-7-3/h8-14,22H,5-7,15H2,1-4H3/t22-/m0/s1. The van der Waals surface area contributed by atoms with E-state index in [9.17, 15) is 10.1 Å². The maximum atomic E-state index is 11.5. The Kier molecular flexibility index (Phi) is 8.53. The van der Waals surface area contributed by atoms with Crippen molar-refractivity contribution in [2.75, 3.05) is 26.4 Å². The Labute approximate surface area is 197 Å². The number of thioether (sulfide) groups is 1. The van der Waals surface area contributed by atoms with Gasteiger partial charge in [0.2, 0.25) is 6.54 Å². The predicted octanol–water partition coefficient (Wildman–Crippen LogP) is 4.88. The lowest BCUT2D eigenvalue weighted by molar-refractivity contribution is -0.479. The lowest BCUT2D eigenvalue weighted by Crippen LogP contribution is -2.11. The van der Waals surface area contributed by atoms with Crippen LogP contribution < -0.4 is 14.2 Å². The first-order valence-electron chi connectivity index (χ1n) is 10.8. The number of aryl methyl sites for hydroxylation is 1. The maximum absolute atomic E-state index is 11.5. The Morgan fingerprint density at radius 2 is 1.64 bits per heavy atom. The van der Waals surface area contributed by atoms with E-state index in [2.05, 4.69) is 10.2 Å². The highest BCUT2D eigenvalue weighted by Crippen LogP contribution is 2.39. The van der Waals surface area contributed by atoms with Gasteiger partial charge in [0, 0.05) is 10.6 Å². The lowest BCUT2D eigenvalue weighted by atomic mass is 10.1. The van der Waals surface area contributed by atoms with Crippen LogP contribution in [-0.2, 0) is 0 Å². The molecule has 0 aliphatic rings. The molecule has 0 radical (unpaired) electrons. The monoisotopic (exact) mass is 472 g/mol. The topological polar surface area (TPSA) is 102 Å². The van der Waals surface area contributed by atoms with Crippen molar-refractivity contribution in [1.82, 2.24) is 14.8 Å². The number of nitro groups is 1. The van der Waals surface area contributed by atoms with Crippen molar-refractivity contribution in [2.45, 2.75) is 38.1 Å². The van der Waals surface area contributed by atoms with Gasteiger partial charge >= 0.3 is 0 Å². The fraction of sp³-hybridized carbons (Fsp3) is 0.391. The first kappa shape index (κ1) is 24.4. The molecule has 1 heterocycles. The minimum atomic E-state index is -0.500. The third kappa shape index (κ3) is 6.16. The molecule has 1 atom stereocenters. The van der Waals surface area contributed by atoms with Gasteiger partial charge in [0.25, 0.3) is 0 Å². The van der Waals surface area contributed by atoms with Crippen molar-refractivity contribution in [3.05, 3.63) is 64.0 Å². The molecule has 10 heteroatoms. The molecule has 0 unspecified atom stereocenters. The Hall–Kier alpha value is -3.27. The largest absolute Gasteiger partial charge is 0.494 e. The molecule has 0 bridgehead atoms. The maximum Gasteiger partial charge on any atom is 0.220 e. The molecule has 1 aromatic heterocycles. The molecule has 176 valence electrons. The molecular formula is C23H28N4O5S. The van der Waals surface area contributed by atoms with E-state index in [-0.39, 0.29) is 11.5 Å². The minimum Gasteiger partial charge on any atom is -0.494 e. The first-order chi connectivity index (χ1) is 16.0. The van der Waals surface area contributed by atoms with Crippen LogP contribution >= 0.6 is 11.8 Å². The zero-order valence-electron chi connectivity index (χ0n) is 19.2. The van der Waals surface area contributed by atoms with Crippen molar-refractivity contribution in [3.63, 3.8) is 0 Å². The zero-order valence-corrected chi connectivity index (χ0v) is 20.0. The van der Waals surface area contributed by atoms with E-state index in [0.29, 0.717) is 42.3 Å². The van der Waals surface area contributed by atoms with E-state index in [0.717, 1.165) is 17.0 Å². The normalized spacial score (nSPS) is 11.8. The molecule has 3 aromatic rings. The summed E-state index contributed by atoms with van der Waals surface area (Å²) in [6, 6.07) is 13.0. The molecule has 0 saturated heterocycles. The molecule has 0 saturated carbocycles. The molecular weight excluding hydrogens is 444 g/mol. The van der Waals surface area contributed by atoms with Gasteiger partial charge in [-0.3, -0.25) is 14.7 Å². The summed E-state index contributed by atoms with van der Waals surface area (Å²) in [5.41, 5.74) is 1.60. The molecule has 0 aliphatic carbocycles. The average molecular weight is 473 g/mol. The van der Waals surface area contributed by atoms with Crippen LogP contribution in [0.15, 0.2) is 47.6 Å². The molecule has 0 spiro atoms.